The lowest BCUT2D eigenvalue weighted by atomic mass is 10.2. The summed E-state index contributed by atoms with van der Waals surface area (Å²) < 4.78 is 0. The van der Waals surface area contributed by atoms with E-state index in [2.05, 4.69) is 21.8 Å². The Morgan fingerprint density at radius 3 is 3.00 bits per heavy atom. The van der Waals surface area contributed by atoms with E-state index in [0.717, 1.165) is 24.6 Å². The summed E-state index contributed by atoms with van der Waals surface area (Å²) in [5, 5.41) is 0. The van der Waals surface area contributed by atoms with E-state index < -0.39 is 0 Å². The SMILES string of the molecule is CCC1CCCN1Cc1nc(C)cc(N)n1. The molecular formula is C12H20N4. The minimum Gasteiger partial charge on any atom is -0.384 e. The molecule has 2 rings (SSSR count). The summed E-state index contributed by atoms with van der Waals surface area (Å²) in [6.45, 7) is 6.21. The molecule has 4 nitrogen and oxygen atoms in total. The number of rotatable bonds is 3. The van der Waals surface area contributed by atoms with Crippen molar-refractivity contribution >= 4 is 5.82 Å². The zero-order valence-electron chi connectivity index (χ0n) is 10.1. The van der Waals surface area contributed by atoms with Gasteiger partial charge in [0.1, 0.15) is 11.6 Å². The molecule has 0 radical (unpaired) electrons. The van der Waals surface area contributed by atoms with Crippen molar-refractivity contribution < 1.29 is 0 Å². The average Bonchev–Trinajstić information content (AvgIpc) is 2.63. The van der Waals surface area contributed by atoms with Crippen LogP contribution in [0.25, 0.3) is 0 Å². The number of hydrogen-bond acceptors (Lipinski definition) is 4. The minimum atomic E-state index is 0.578. The first-order valence-electron chi connectivity index (χ1n) is 6.03. The predicted molar refractivity (Wildman–Crippen MR) is 64.9 cm³/mol. The molecule has 0 aliphatic carbocycles. The highest BCUT2D eigenvalue weighted by Crippen LogP contribution is 2.21. The molecule has 0 bridgehead atoms. The van der Waals surface area contributed by atoms with Crippen molar-refractivity contribution in [2.45, 2.75) is 45.7 Å². The van der Waals surface area contributed by atoms with E-state index in [9.17, 15) is 0 Å². The molecule has 1 aliphatic heterocycles. The maximum atomic E-state index is 5.73. The molecule has 1 atom stereocenters. The quantitative estimate of drug-likeness (QED) is 0.843. The van der Waals surface area contributed by atoms with E-state index in [1.165, 1.54) is 19.3 Å². The average molecular weight is 220 g/mol. The van der Waals surface area contributed by atoms with Gasteiger partial charge in [0, 0.05) is 17.8 Å². The van der Waals surface area contributed by atoms with Crippen molar-refractivity contribution in [1.82, 2.24) is 14.9 Å². The Morgan fingerprint density at radius 1 is 1.50 bits per heavy atom. The Kier molecular flexibility index (Phi) is 3.39. The van der Waals surface area contributed by atoms with Gasteiger partial charge in [0.05, 0.1) is 6.54 Å². The number of hydrogen-bond donors (Lipinski definition) is 1. The van der Waals surface area contributed by atoms with Crippen LogP contribution in [0.2, 0.25) is 0 Å². The second-order valence-corrected chi connectivity index (χ2v) is 4.53. The van der Waals surface area contributed by atoms with Crippen LogP contribution in [0.4, 0.5) is 5.82 Å². The van der Waals surface area contributed by atoms with Gasteiger partial charge < -0.3 is 5.73 Å². The molecular weight excluding hydrogens is 200 g/mol. The lowest BCUT2D eigenvalue weighted by Gasteiger charge is -2.22. The second-order valence-electron chi connectivity index (χ2n) is 4.53. The Bertz CT molecular complexity index is 344. The molecule has 2 N–H and O–H groups in total. The molecule has 1 aromatic heterocycles. The van der Waals surface area contributed by atoms with Crippen molar-refractivity contribution in [1.29, 1.82) is 0 Å². The monoisotopic (exact) mass is 220 g/mol. The summed E-state index contributed by atoms with van der Waals surface area (Å²) in [5.74, 6) is 1.44. The lowest BCUT2D eigenvalue weighted by Crippen LogP contribution is -2.29. The van der Waals surface area contributed by atoms with E-state index in [0.29, 0.717) is 11.9 Å². The second kappa shape index (κ2) is 4.78. The summed E-state index contributed by atoms with van der Waals surface area (Å²) in [5.41, 5.74) is 6.68. The van der Waals surface area contributed by atoms with E-state index in [1.807, 2.05) is 13.0 Å². The smallest absolute Gasteiger partial charge is 0.144 e. The normalized spacial score (nSPS) is 21.5. The first-order chi connectivity index (χ1) is 7.69. The van der Waals surface area contributed by atoms with Crippen molar-refractivity contribution in [3.63, 3.8) is 0 Å². The molecule has 2 heterocycles. The topological polar surface area (TPSA) is 55.0 Å². The van der Waals surface area contributed by atoms with Gasteiger partial charge in [-0.25, -0.2) is 9.97 Å². The maximum absolute atomic E-state index is 5.73. The minimum absolute atomic E-state index is 0.578. The van der Waals surface area contributed by atoms with Crippen LogP contribution < -0.4 is 5.73 Å². The van der Waals surface area contributed by atoms with Gasteiger partial charge in [0.15, 0.2) is 0 Å². The molecule has 0 aromatic carbocycles. The third kappa shape index (κ3) is 2.50. The van der Waals surface area contributed by atoms with Crippen molar-refractivity contribution in [2.75, 3.05) is 12.3 Å². The molecule has 1 aliphatic rings. The molecule has 1 aromatic rings. The number of aromatic nitrogens is 2. The van der Waals surface area contributed by atoms with Gasteiger partial charge in [-0.15, -0.1) is 0 Å². The van der Waals surface area contributed by atoms with E-state index in [-0.39, 0.29) is 0 Å². The summed E-state index contributed by atoms with van der Waals surface area (Å²) >= 11 is 0. The summed E-state index contributed by atoms with van der Waals surface area (Å²) in [6, 6.07) is 2.51. The van der Waals surface area contributed by atoms with Crippen LogP contribution in [-0.2, 0) is 6.54 Å². The van der Waals surface area contributed by atoms with E-state index in [1.54, 1.807) is 0 Å². The summed E-state index contributed by atoms with van der Waals surface area (Å²) in [4.78, 5) is 11.2. The fourth-order valence-electron chi connectivity index (χ4n) is 2.47. The Balaban J connectivity index is 2.08. The Labute approximate surface area is 96.9 Å². The van der Waals surface area contributed by atoms with Gasteiger partial charge >= 0.3 is 0 Å². The van der Waals surface area contributed by atoms with Crippen molar-refractivity contribution in [3.05, 3.63) is 17.6 Å². The fourth-order valence-corrected chi connectivity index (χ4v) is 2.47. The molecule has 4 heteroatoms. The van der Waals surface area contributed by atoms with Crippen LogP contribution in [0, 0.1) is 6.92 Å². The van der Waals surface area contributed by atoms with Gasteiger partial charge in [0.2, 0.25) is 0 Å². The number of aryl methyl sites for hydroxylation is 1. The van der Waals surface area contributed by atoms with Crippen molar-refractivity contribution in [3.8, 4) is 0 Å². The molecule has 88 valence electrons. The number of nitrogens with zero attached hydrogens (tertiary/aromatic N) is 3. The number of likely N-dealkylation sites (tertiary alicyclic amines) is 1. The highest BCUT2D eigenvalue weighted by molar-refractivity contribution is 5.29. The van der Waals surface area contributed by atoms with Gasteiger partial charge in [-0.2, -0.15) is 0 Å². The van der Waals surface area contributed by atoms with Gasteiger partial charge in [-0.3, -0.25) is 4.90 Å². The lowest BCUT2D eigenvalue weighted by molar-refractivity contribution is 0.234. The highest BCUT2D eigenvalue weighted by Gasteiger charge is 2.23. The third-order valence-corrected chi connectivity index (χ3v) is 3.24. The molecule has 16 heavy (non-hydrogen) atoms. The standard InChI is InChI=1S/C12H20N4/c1-3-10-5-4-6-16(10)8-12-14-9(2)7-11(13)15-12/h7,10H,3-6,8H2,1-2H3,(H2,13,14,15). The van der Waals surface area contributed by atoms with E-state index >= 15 is 0 Å². The first kappa shape index (κ1) is 11.3. The third-order valence-electron chi connectivity index (χ3n) is 3.24. The van der Waals surface area contributed by atoms with Crippen LogP contribution in [-0.4, -0.2) is 27.5 Å². The number of anilines is 1. The fraction of sp³-hybridized carbons (Fsp3) is 0.667. The van der Waals surface area contributed by atoms with Gasteiger partial charge in [-0.05, 0) is 32.7 Å². The summed E-state index contributed by atoms with van der Waals surface area (Å²) in [7, 11) is 0. The number of nitrogen functional groups attached to an aromatic ring is 1. The molecule has 1 saturated heterocycles. The zero-order chi connectivity index (χ0) is 11.5. The summed E-state index contributed by atoms with van der Waals surface area (Å²) in [6.07, 6.45) is 3.80. The zero-order valence-corrected chi connectivity index (χ0v) is 10.1. The molecule has 0 amide bonds. The predicted octanol–water partition coefficient (Wildman–Crippen LogP) is 1.74. The highest BCUT2D eigenvalue weighted by atomic mass is 15.2. The molecule has 0 spiro atoms. The van der Waals surface area contributed by atoms with Crippen LogP contribution >= 0.6 is 0 Å². The first-order valence-corrected chi connectivity index (χ1v) is 6.03. The number of nitrogens with two attached hydrogens (primary N) is 1. The van der Waals surface area contributed by atoms with E-state index in [4.69, 9.17) is 5.73 Å². The van der Waals surface area contributed by atoms with Crippen LogP contribution in [0.1, 0.15) is 37.7 Å². The maximum Gasteiger partial charge on any atom is 0.144 e. The molecule has 1 unspecified atom stereocenters. The van der Waals surface area contributed by atoms with Crippen molar-refractivity contribution in [2.24, 2.45) is 0 Å². The van der Waals surface area contributed by atoms with Gasteiger partial charge in [-0.1, -0.05) is 6.92 Å². The largest absolute Gasteiger partial charge is 0.384 e. The molecule has 0 saturated carbocycles. The Hall–Kier alpha value is -1.16. The van der Waals surface area contributed by atoms with Crippen LogP contribution in [0.5, 0.6) is 0 Å². The Morgan fingerprint density at radius 2 is 2.31 bits per heavy atom. The van der Waals surface area contributed by atoms with Crippen LogP contribution in [0.3, 0.4) is 0 Å². The van der Waals surface area contributed by atoms with Crippen LogP contribution in [0.15, 0.2) is 6.07 Å². The van der Waals surface area contributed by atoms with Gasteiger partial charge in [0.25, 0.3) is 0 Å². The molecule has 1 fully saturated rings.